The summed E-state index contributed by atoms with van der Waals surface area (Å²) < 4.78 is 11.4. The van der Waals surface area contributed by atoms with Crippen molar-refractivity contribution in [1.82, 2.24) is 5.32 Å². The van der Waals surface area contributed by atoms with Gasteiger partial charge in [-0.15, -0.1) is 0 Å². The quantitative estimate of drug-likeness (QED) is 0.791. The van der Waals surface area contributed by atoms with Crippen LogP contribution < -0.4 is 14.8 Å². The minimum Gasteiger partial charge on any atom is -0.490 e. The third kappa shape index (κ3) is 4.44. The number of hydrogen-bond donors (Lipinski definition) is 1. The molecular weight excluding hydrogens is 262 g/mol. The summed E-state index contributed by atoms with van der Waals surface area (Å²) in [4.78, 5) is 0. The highest BCUT2D eigenvalue weighted by Crippen LogP contribution is 2.32. The van der Waals surface area contributed by atoms with E-state index in [0.29, 0.717) is 19.3 Å². The van der Waals surface area contributed by atoms with Crippen LogP contribution in [0, 0.1) is 0 Å². The van der Waals surface area contributed by atoms with Crippen LogP contribution in [0.15, 0.2) is 29.8 Å². The Morgan fingerprint density at radius 1 is 1.37 bits per heavy atom. The van der Waals surface area contributed by atoms with Crippen molar-refractivity contribution < 1.29 is 9.47 Å². The molecule has 1 aliphatic carbocycles. The highest BCUT2D eigenvalue weighted by Gasteiger charge is 2.21. The van der Waals surface area contributed by atoms with Crippen molar-refractivity contribution >= 4 is 11.6 Å². The summed E-state index contributed by atoms with van der Waals surface area (Å²) >= 11 is 5.52. The maximum absolute atomic E-state index is 5.78. The predicted octanol–water partition coefficient (Wildman–Crippen LogP) is 3.47. The summed E-state index contributed by atoms with van der Waals surface area (Å²) in [5.41, 5.74) is 2.59. The van der Waals surface area contributed by atoms with Gasteiger partial charge < -0.3 is 14.8 Å². The third-order valence-electron chi connectivity index (χ3n) is 2.93. The molecular formula is C15H20ClNO2. The first-order chi connectivity index (χ1) is 9.35. The molecule has 4 heteroatoms. The Bertz CT molecular complexity index is 430. The summed E-state index contributed by atoms with van der Waals surface area (Å²) in [6, 6.07) is 6.67. The Balaban J connectivity index is 2.09. The van der Waals surface area contributed by atoms with Crippen LogP contribution in [0.1, 0.15) is 25.3 Å². The Morgan fingerprint density at radius 3 is 2.89 bits per heavy atom. The zero-order valence-electron chi connectivity index (χ0n) is 11.2. The molecule has 1 aliphatic rings. The summed E-state index contributed by atoms with van der Waals surface area (Å²) in [5.74, 6) is 1.60. The van der Waals surface area contributed by atoms with E-state index in [1.54, 1.807) is 6.08 Å². The van der Waals surface area contributed by atoms with Gasteiger partial charge in [-0.25, -0.2) is 0 Å². The van der Waals surface area contributed by atoms with Gasteiger partial charge in [-0.05, 0) is 31.9 Å². The van der Waals surface area contributed by atoms with Gasteiger partial charge in [-0.1, -0.05) is 23.7 Å². The van der Waals surface area contributed by atoms with Gasteiger partial charge in [0, 0.05) is 23.7 Å². The number of nitrogens with one attached hydrogen (secondary N) is 1. The molecule has 0 atom stereocenters. The monoisotopic (exact) mass is 281 g/mol. The van der Waals surface area contributed by atoms with Gasteiger partial charge in [0.1, 0.15) is 6.61 Å². The molecule has 1 saturated carbocycles. The molecule has 2 rings (SSSR count). The Kier molecular flexibility index (Phi) is 5.55. The topological polar surface area (TPSA) is 30.5 Å². The summed E-state index contributed by atoms with van der Waals surface area (Å²) in [6.45, 7) is 3.86. The van der Waals surface area contributed by atoms with E-state index in [9.17, 15) is 0 Å². The lowest BCUT2D eigenvalue weighted by Gasteiger charge is -2.15. The fraction of sp³-hybridized carbons (Fsp3) is 0.467. The molecule has 3 nitrogen and oxygen atoms in total. The second-order valence-corrected chi connectivity index (χ2v) is 4.76. The third-order valence-corrected chi connectivity index (χ3v) is 3.11. The van der Waals surface area contributed by atoms with Crippen molar-refractivity contribution in [1.29, 1.82) is 0 Å². The van der Waals surface area contributed by atoms with Crippen LogP contribution in [0.4, 0.5) is 0 Å². The largest absolute Gasteiger partial charge is 0.490 e. The number of ether oxygens (including phenoxy) is 2. The molecule has 0 aromatic heterocycles. The SMILES string of the molecule is CCOc1cccc(CNC2CC2)c1OC/C=C/Cl. The maximum atomic E-state index is 5.78. The molecule has 0 amide bonds. The first-order valence-electron chi connectivity index (χ1n) is 6.71. The lowest BCUT2D eigenvalue weighted by molar-refractivity contribution is 0.294. The Morgan fingerprint density at radius 2 is 2.21 bits per heavy atom. The van der Waals surface area contributed by atoms with Crippen molar-refractivity contribution in [2.24, 2.45) is 0 Å². The molecule has 1 N–H and O–H groups in total. The number of para-hydroxylation sites is 1. The minimum atomic E-state index is 0.448. The highest BCUT2D eigenvalue weighted by atomic mass is 35.5. The van der Waals surface area contributed by atoms with E-state index in [1.165, 1.54) is 18.4 Å². The summed E-state index contributed by atoms with van der Waals surface area (Å²) in [6.07, 6.45) is 4.31. The van der Waals surface area contributed by atoms with Gasteiger partial charge in [0.2, 0.25) is 0 Å². The second kappa shape index (κ2) is 7.41. The summed E-state index contributed by atoms with van der Waals surface area (Å²) in [5, 5.41) is 3.49. The van der Waals surface area contributed by atoms with E-state index < -0.39 is 0 Å². The predicted molar refractivity (Wildman–Crippen MR) is 78.0 cm³/mol. The first-order valence-corrected chi connectivity index (χ1v) is 7.15. The molecule has 0 saturated heterocycles. The molecule has 0 unspecified atom stereocenters. The summed E-state index contributed by atoms with van der Waals surface area (Å²) in [7, 11) is 0. The maximum Gasteiger partial charge on any atom is 0.166 e. The van der Waals surface area contributed by atoms with E-state index >= 15 is 0 Å². The van der Waals surface area contributed by atoms with Crippen molar-refractivity contribution in [3.05, 3.63) is 35.4 Å². The molecule has 0 spiro atoms. The molecule has 104 valence electrons. The molecule has 0 aliphatic heterocycles. The normalized spacial score (nSPS) is 14.8. The van der Waals surface area contributed by atoms with Crippen molar-refractivity contribution in [2.75, 3.05) is 13.2 Å². The van der Waals surface area contributed by atoms with Gasteiger partial charge in [-0.2, -0.15) is 0 Å². The molecule has 19 heavy (non-hydrogen) atoms. The van der Waals surface area contributed by atoms with Gasteiger partial charge in [0.25, 0.3) is 0 Å². The number of hydrogen-bond acceptors (Lipinski definition) is 3. The van der Waals surface area contributed by atoms with E-state index in [0.717, 1.165) is 23.6 Å². The van der Waals surface area contributed by atoms with E-state index in [-0.39, 0.29) is 0 Å². The standard InChI is InChI=1S/C15H20ClNO2/c1-2-18-14-6-3-5-12(11-17-13-7-8-13)15(14)19-10-4-9-16/h3-6,9,13,17H,2,7-8,10-11H2,1H3/b9-4+. The Hall–Kier alpha value is -1.19. The molecule has 1 aromatic carbocycles. The van der Waals surface area contributed by atoms with Gasteiger partial charge in [0.05, 0.1) is 6.61 Å². The van der Waals surface area contributed by atoms with Crippen molar-refractivity contribution in [3.8, 4) is 11.5 Å². The van der Waals surface area contributed by atoms with Crippen LogP contribution in [0.25, 0.3) is 0 Å². The molecule has 0 heterocycles. The van der Waals surface area contributed by atoms with Gasteiger partial charge >= 0.3 is 0 Å². The minimum absolute atomic E-state index is 0.448. The van der Waals surface area contributed by atoms with E-state index in [4.69, 9.17) is 21.1 Å². The van der Waals surface area contributed by atoms with Crippen LogP contribution in [0.2, 0.25) is 0 Å². The molecule has 0 radical (unpaired) electrons. The lowest BCUT2D eigenvalue weighted by Crippen LogP contribution is -2.16. The Labute approximate surface area is 119 Å². The number of rotatable bonds is 8. The molecule has 0 bridgehead atoms. The second-order valence-electron chi connectivity index (χ2n) is 4.51. The smallest absolute Gasteiger partial charge is 0.166 e. The molecule has 1 aromatic rings. The zero-order chi connectivity index (χ0) is 13.5. The average Bonchev–Trinajstić information content (AvgIpc) is 3.23. The zero-order valence-corrected chi connectivity index (χ0v) is 12.0. The highest BCUT2D eigenvalue weighted by molar-refractivity contribution is 6.25. The van der Waals surface area contributed by atoms with Gasteiger partial charge in [0.15, 0.2) is 11.5 Å². The van der Waals surface area contributed by atoms with Gasteiger partial charge in [-0.3, -0.25) is 0 Å². The van der Waals surface area contributed by atoms with Crippen LogP contribution in [0.3, 0.4) is 0 Å². The van der Waals surface area contributed by atoms with Crippen LogP contribution in [-0.2, 0) is 6.54 Å². The fourth-order valence-electron chi connectivity index (χ4n) is 1.84. The number of benzene rings is 1. The van der Waals surface area contributed by atoms with Crippen LogP contribution in [0.5, 0.6) is 11.5 Å². The van der Waals surface area contributed by atoms with Crippen molar-refractivity contribution in [2.45, 2.75) is 32.4 Å². The fourth-order valence-corrected chi connectivity index (χ4v) is 1.92. The average molecular weight is 282 g/mol. The van der Waals surface area contributed by atoms with E-state index in [2.05, 4.69) is 11.4 Å². The molecule has 1 fully saturated rings. The lowest BCUT2D eigenvalue weighted by atomic mass is 10.2. The van der Waals surface area contributed by atoms with Crippen LogP contribution in [-0.4, -0.2) is 19.3 Å². The first kappa shape index (κ1) is 14.2. The van der Waals surface area contributed by atoms with Crippen molar-refractivity contribution in [3.63, 3.8) is 0 Å². The van der Waals surface area contributed by atoms with E-state index in [1.807, 2.05) is 19.1 Å². The van der Waals surface area contributed by atoms with Crippen LogP contribution >= 0.6 is 11.6 Å². The number of halogens is 1.